The normalized spacial score (nSPS) is 24.1. The van der Waals surface area contributed by atoms with Crippen LogP contribution in [0.3, 0.4) is 0 Å². The summed E-state index contributed by atoms with van der Waals surface area (Å²) >= 11 is 3.40. The predicted molar refractivity (Wildman–Crippen MR) is 90.8 cm³/mol. The number of phenols is 1. The van der Waals surface area contributed by atoms with Crippen molar-refractivity contribution in [3.8, 4) is 11.5 Å². The molecule has 0 saturated carbocycles. The van der Waals surface area contributed by atoms with Crippen LogP contribution in [0.4, 0.5) is 0 Å². The summed E-state index contributed by atoms with van der Waals surface area (Å²) in [6, 6.07) is 3.61. The lowest BCUT2D eigenvalue weighted by Gasteiger charge is -2.42. The van der Waals surface area contributed by atoms with Crippen molar-refractivity contribution in [2.45, 2.75) is 27.2 Å². The number of halogens is 1. The maximum Gasteiger partial charge on any atom is 0.133 e. The number of allylic oxidation sites excluding steroid dienone is 3. The largest absolute Gasteiger partial charge is 0.508 e. The maximum atomic E-state index is 10.2. The second-order valence-corrected chi connectivity index (χ2v) is 7.27. The monoisotopic (exact) mass is 350 g/mol. The van der Waals surface area contributed by atoms with Gasteiger partial charge in [-0.3, -0.25) is 0 Å². The van der Waals surface area contributed by atoms with E-state index in [0.717, 1.165) is 27.8 Å². The molecule has 2 atom stereocenters. The van der Waals surface area contributed by atoms with Gasteiger partial charge in [0.15, 0.2) is 0 Å². The first kappa shape index (κ1) is 16.2. The molecule has 0 unspecified atom stereocenters. The van der Waals surface area contributed by atoms with Crippen LogP contribution >= 0.6 is 15.9 Å². The van der Waals surface area contributed by atoms with Crippen molar-refractivity contribution in [1.82, 2.24) is 0 Å². The molecule has 114 valence electrons. The van der Waals surface area contributed by atoms with Crippen LogP contribution < -0.4 is 4.74 Å². The van der Waals surface area contributed by atoms with E-state index in [-0.39, 0.29) is 5.41 Å². The first-order chi connectivity index (χ1) is 9.77. The van der Waals surface area contributed by atoms with Crippen LogP contribution in [0.5, 0.6) is 11.5 Å². The van der Waals surface area contributed by atoms with Gasteiger partial charge in [-0.15, -0.1) is 0 Å². The van der Waals surface area contributed by atoms with Crippen molar-refractivity contribution in [2.24, 2.45) is 17.3 Å². The topological polar surface area (TPSA) is 29.5 Å². The molecule has 0 amide bonds. The van der Waals surface area contributed by atoms with Gasteiger partial charge in [-0.2, -0.15) is 0 Å². The van der Waals surface area contributed by atoms with Crippen LogP contribution in [0.1, 0.15) is 26.3 Å². The van der Waals surface area contributed by atoms with E-state index in [4.69, 9.17) is 4.74 Å². The van der Waals surface area contributed by atoms with Crippen LogP contribution in [-0.4, -0.2) is 12.2 Å². The Labute approximate surface area is 135 Å². The Morgan fingerprint density at radius 1 is 1.38 bits per heavy atom. The van der Waals surface area contributed by atoms with E-state index in [1.807, 2.05) is 6.07 Å². The molecule has 1 N–H and O–H groups in total. The molecule has 0 aliphatic heterocycles. The SMILES string of the molecule is C=C1C=C[C@@H](C)C(C)(C)[C@@H]1Cc1cc(OC)c(Br)cc1O. The number of aromatic hydroxyl groups is 1. The Morgan fingerprint density at radius 2 is 2.05 bits per heavy atom. The lowest BCUT2D eigenvalue weighted by molar-refractivity contribution is 0.176. The van der Waals surface area contributed by atoms with Gasteiger partial charge in [0.25, 0.3) is 0 Å². The lowest BCUT2D eigenvalue weighted by atomic mass is 9.62. The highest BCUT2D eigenvalue weighted by molar-refractivity contribution is 9.10. The maximum absolute atomic E-state index is 10.2. The molecule has 2 rings (SSSR count). The molecule has 0 bridgehead atoms. The van der Waals surface area contributed by atoms with E-state index in [9.17, 15) is 5.11 Å². The highest BCUT2D eigenvalue weighted by Crippen LogP contribution is 2.46. The molecule has 0 saturated heterocycles. The van der Waals surface area contributed by atoms with Gasteiger partial charge in [-0.25, -0.2) is 0 Å². The molecule has 1 aromatic rings. The zero-order valence-electron chi connectivity index (χ0n) is 13.1. The zero-order chi connectivity index (χ0) is 15.8. The summed E-state index contributed by atoms with van der Waals surface area (Å²) in [5, 5.41) is 10.2. The Kier molecular flexibility index (Phi) is 4.52. The first-order valence-electron chi connectivity index (χ1n) is 7.19. The number of methoxy groups -OCH3 is 1. The van der Waals surface area contributed by atoms with Crippen molar-refractivity contribution < 1.29 is 9.84 Å². The quantitative estimate of drug-likeness (QED) is 0.820. The van der Waals surface area contributed by atoms with E-state index in [1.165, 1.54) is 0 Å². The molecule has 0 spiro atoms. The third-order valence-electron chi connectivity index (χ3n) is 4.90. The molecule has 1 aliphatic rings. The summed E-state index contributed by atoms with van der Waals surface area (Å²) in [5.74, 6) is 1.82. The average molecular weight is 351 g/mol. The predicted octanol–water partition coefficient (Wildman–Crippen LogP) is 5.11. The first-order valence-corrected chi connectivity index (χ1v) is 7.99. The van der Waals surface area contributed by atoms with Crippen LogP contribution in [-0.2, 0) is 6.42 Å². The molecule has 3 heteroatoms. The summed E-state index contributed by atoms with van der Waals surface area (Å²) in [4.78, 5) is 0. The van der Waals surface area contributed by atoms with Gasteiger partial charge < -0.3 is 9.84 Å². The Balaban J connectivity index is 2.37. The highest BCUT2D eigenvalue weighted by Gasteiger charge is 2.37. The van der Waals surface area contributed by atoms with Crippen molar-refractivity contribution in [3.05, 3.63) is 46.5 Å². The van der Waals surface area contributed by atoms with Gasteiger partial charge >= 0.3 is 0 Å². The van der Waals surface area contributed by atoms with Crippen molar-refractivity contribution >= 4 is 15.9 Å². The second kappa shape index (κ2) is 5.88. The van der Waals surface area contributed by atoms with Gasteiger partial charge in [0, 0.05) is 0 Å². The fraction of sp³-hybridized carbons (Fsp3) is 0.444. The Hall–Kier alpha value is -1.22. The van der Waals surface area contributed by atoms with Crippen LogP contribution in [0.25, 0.3) is 0 Å². The van der Waals surface area contributed by atoms with Gasteiger partial charge in [0.2, 0.25) is 0 Å². The molecular formula is C18H23BrO2. The van der Waals surface area contributed by atoms with E-state index < -0.39 is 0 Å². The number of rotatable bonds is 3. The molecule has 2 nitrogen and oxygen atoms in total. The second-order valence-electron chi connectivity index (χ2n) is 6.42. The van der Waals surface area contributed by atoms with Crippen molar-refractivity contribution in [1.29, 1.82) is 0 Å². The molecule has 0 aromatic heterocycles. The van der Waals surface area contributed by atoms with Crippen molar-refractivity contribution in [2.75, 3.05) is 7.11 Å². The molecule has 1 aromatic carbocycles. The summed E-state index contributed by atoms with van der Waals surface area (Å²) in [5.41, 5.74) is 2.13. The minimum Gasteiger partial charge on any atom is -0.508 e. The van der Waals surface area contributed by atoms with Crippen molar-refractivity contribution in [3.63, 3.8) is 0 Å². The van der Waals surface area contributed by atoms with Crippen LogP contribution in [0, 0.1) is 17.3 Å². The average Bonchev–Trinajstić information content (AvgIpc) is 2.41. The summed E-state index contributed by atoms with van der Waals surface area (Å²) < 4.78 is 6.10. The van der Waals surface area contributed by atoms with Gasteiger partial charge in [0.05, 0.1) is 11.6 Å². The number of ether oxygens (including phenoxy) is 1. The Morgan fingerprint density at radius 3 is 2.67 bits per heavy atom. The summed E-state index contributed by atoms with van der Waals surface area (Å²) in [6.07, 6.45) is 5.10. The van der Waals surface area contributed by atoms with Gasteiger partial charge in [-0.1, -0.05) is 45.1 Å². The lowest BCUT2D eigenvalue weighted by Crippen LogP contribution is -2.35. The van der Waals surface area contributed by atoms with Crippen LogP contribution in [0.15, 0.2) is 40.9 Å². The fourth-order valence-electron chi connectivity index (χ4n) is 2.95. The number of phenolic OH excluding ortho intramolecular Hbond substituents is 1. The molecule has 0 radical (unpaired) electrons. The molecule has 1 aliphatic carbocycles. The third-order valence-corrected chi connectivity index (χ3v) is 5.52. The molecular weight excluding hydrogens is 328 g/mol. The molecule has 21 heavy (non-hydrogen) atoms. The molecule has 0 heterocycles. The fourth-order valence-corrected chi connectivity index (χ4v) is 3.44. The van der Waals surface area contributed by atoms with Gasteiger partial charge in [0.1, 0.15) is 11.5 Å². The Bertz CT molecular complexity index is 587. The summed E-state index contributed by atoms with van der Waals surface area (Å²) in [7, 11) is 1.63. The molecule has 0 fully saturated rings. The van der Waals surface area contributed by atoms with E-state index in [0.29, 0.717) is 17.6 Å². The minimum atomic E-state index is 0.110. The minimum absolute atomic E-state index is 0.110. The number of benzene rings is 1. The number of hydrogen-bond donors (Lipinski definition) is 1. The summed E-state index contributed by atoms with van der Waals surface area (Å²) in [6.45, 7) is 11.0. The van der Waals surface area contributed by atoms with E-state index in [2.05, 4.69) is 55.4 Å². The third kappa shape index (κ3) is 3.03. The van der Waals surface area contributed by atoms with Crippen LogP contribution in [0.2, 0.25) is 0 Å². The van der Waals surface area contributed by atoms with Gasteiger partial charge in [-0.05, 0) is 57.3 Å². The highest BCUT2D eigenvalue weighted by atomic mass is 79.9. The van der Waals surface area contributed by atoms with E-state index >= 15 is 0 Å². The van der Waals surface area contributed by atoms with E-state index in [1.54, 1.807) is 13.2 Å². The smallest absolute Gasteiger partial charge is 0.133 e. The number of hydrogen-bond acceptors (Lipinski definition) is 2. The standard InChI is InChI=1S/C18H23BrO2/c1-11-6-7-12(2)18(3,4)14(11)8-13-9-17(21-5)15(19)10-16(13)20/h6-7,9-10,12,14,20H,1,8H2,2-5H3/t12-,14-/m1/s1. The zero-order valence-corrected chi connectivity index (χ0v) is 14.7.